The summed E-state index contributed by atoms with van der Waals surface area (Å²) in [5.74, 6) is -0.787. The third kappa shape index (κ3) is 3.80. The highest BCUT2D eigenvalue weighted by Gasteiger charge is 2.21. The van der Waals surface area contributed by atoms with Crippen molar-refractivity contribution in [3.05, 3.63) is 60.3 Å². The van der Waals surface area contributed by atoms with Crippen LogP contribution in [0.15, 0.2) is 59.0 Å². The first-order valence-electron chi connectivity index (χ1n) is 8.28. The van der Waals surface area contributed by atoms with Crippen LogP contribution in [0.2, 0.25) is 0 Å². The van der Waals surface area contributed by atoms with Gasteiger partial charge in [-0.2, -0.15) is 0 Å². The van der Waals surface area contributed by atoms with Gasteiger partial charge in [0.15, 0.2) is 11.5 Å². The van der Waals surface area contributed by atoms with Crippen molar-refractivity contribution < 1.29 is 19.1 Å². The van der Waals surface area contributed by atoms with E-state index in [1.165, 1.54) is 0 Å². The molecule has 0 radical (unpaired) electrons. The van der Waals surface area contributed by atoms with Gasteiger partial charge in [-0.25, -0.2) is 9.78 Å². The summed E-state index contributed by atoms with van der Waals surface area (Å²) in [5.41, 5.74) is 1.77. The summed E-state index contributed by atoms with van der Waals surface area (Å²) in [6.45, 7) is 1.93. The molecule has 2 N–H and O–H groups in total. The number of aromatic carboxylic acids is 1. The number of hydrogen-bond donors (Lipinski definition) is 2. The minimum absolute atomic E-state index is 0.0579. The number of nitrogens with zero attached hydrogens (tertiary/aromatic N) is 1. The molecule has 0 saturated carbocycles. The van der Waals surface area contributed by atoms with Gasteiger partial charge in [-0.3, -0.25) is 4.79 Å². The molecule has 6 nitrogen and oxygen atoms in total. The first-order valence-corrected chi connectivity index (χ1v) is 8.28. The summed E-state index contributed by atoms with van der Waals surface area (Å²) >= 11 is 0. The Kier molecular flexibility index (Phi) is 5.12. The van der Waals surface area contributed by atoms with Crippen LogP contribution in [0.1, 0.15) is 30.3 Å². The molecule has 0 unspecified atom stereocenters. The van der Waals surface area contributed by atoms with E-state index in [1.807, 2.05) is 25.1 Å². The minimum Gasteiger partial charge on any atom is -0.476 e. The van der Waals surface area contributed by atoms with Crippen LogP contribution in [-0.2, 0) is 4.79 Å². The molecule has 1 aromatic heterocycles. The molecule has 0 spiro atoms. The van der Waals surface area contributed by atoms with E-state index in [-0.39, 0.29) is 23.3 Å². The highest BCUT2D eigenvalue weighted by molar-refractivity contribution is 5.94. The Hall–Kier alpha value is -3.41. The normalized spacial score (nSPS) is 10.5. The summed E-state index contributed by atoms with van der Waals surface area (Å²) in [7, 11) is 0. The highest BCUT2D eigenvalue weighted by atomic mass is 16.4. The van der Waals surface area contributed by atoms with Gasteiger partial charge in [0.1, 0.15) is 0 Å². The fourth-order valence-electron chi connectivity index (χ4n) is 2.52. The molecule has 2 aromatic carbocycles. The Morgan fingerprint density at radius 2 is 1.73 bits per heavy atom. The molecule has 0 bridgehead atoms. The molecule has 0 aliphatic carbocycles. The third-order valence-corrected chi connectivity index (χ3v) is 3.76. The Morgan fingerprint density at radius 1 is 1.04 bits per heavy atom. The number of benzene rings is 2. The van der Waals surface area contributed by atoms with Gasteiger partial charge in [0.2, 0.25) is 11.8 Å². The number of aromatic nitrogens is 1. The standard InChI is InChI=1S/C20H18N2O4/c1-2-6-16(23)21-15-11-9-13(10-12-15)18-17(20(24)25)22-19(26-18)14-7-4-3-5-8-14/h3-5,7-12H,2,6H2,1H3,(H,21,23)(H,24,25). The number of carboxylic acid groups (broad SMARTS) is 1. The average Bonchev–Trinajstić information content (AvgIpc) is 3.09. The van der Waals surface area contributed by atoms with Crippen molar-refractivity contribution in [3.8, 4) is 22.8 Å². The first-order chi connectivity index (χ1) is 12.6. The second-order valence-electron chi connectivity index (χ2n) is 5.74. The predicted octanol–water partition coefficient (Wildman–Crippen LogP) is 4.45. The number of carboxylic acids is 1. The SMILES string of the molecule is CCCC(=O)Nc1ccc(-c2oc(-c3ccccc3)nc2C(=O)O)cc1. The summed E-state index contributed by atoms with van der Waals surface area (Å²) < 4.78 is 5.73. The maximum atomic E-state index is 11.7. The molecule has 0 saturated heterocycles. The van der Waals surface area contributed by atoms with Crippen molar-refractivity contribution >= 4 is 17.6 Å². The van der Waals surface area contributed by atoms with Crippen molar-refractivity contribution in [2.24, 2.45) is 0 Å². The van der Waals surface area contributed by atoms with E-state index < -0.39 is 5.97 Å². The molecule has 0 atom stereocenters. The van der Waals surface area contributed by atoms with Crippen molar-refractivity contribution in [1.29, 1.82) is 0 Å². The van der Waals surface area contributed by atoms with Crippen LogP contribution >= 0.6 is 0 Å². The highest BCUT2D eigenvalue weighted by Crippen LogP contribution is 2.30. The van der Waals surface area contributed by atoms with Gasteiger partial charge < -0.3 is 14.8 Å². The van der Waals surface area contributed by atoms with Crippen molar-refractivity contribution in [2.45, 2.75) is 19.8 Å². The number of nitrogens with one attached hydrogen (secondary N) is 1. The molecule has 6 heteroatoms. The molecule has 3 rings (SSSR count). The van der Waals surface area contributed by atoms with Crippen LogP contribution in [-0.4, -0.2) is 22.0 Å². The number of hydrogen-bond acceptors (Lipinski definition) is 4. The number of oxazole rings is 1. The summed E-state index contributed by atoms with van der Waals surface area (Å²) in [5, 5.41) is 12.2. The van der Waals surface area contributed by atoms with Gasteiger partial charge in [0, 0.05) is 23.2 Å². The second kappa shape index (κ2) is 7.65. The van der Waals surface area contributed by atoms with E-state index in [0.29, 0.717) is 23.2 Å². The van der Waals surface area contributed by atoms with Gasteiger partial charge in [-0.1, -0.05) is 25.1 Å². The zero-order valence-corrected chi connectivity index (χ0v) is 14.2. The quantitative estimate of drug-likeness (QED) is 0.685. The summed E-state index contributed by atoms with van der Waals surface area (Å²) in [4.78, 5) is 27.3. The van der Waals surface area contributed by atoms with E-state index in [9.17, 15) is 14.7 Å². The fourth-order valence-corrected chi connectivity index (χ4v) is 2.52. The Morgan fingerprint density at radius 3 is 2.35 bits per heavy atom. The van der Waals surface area contributed by atoms with Gasteiger partial charge in [-0.15, -0.1) is 0 Å². The average molecular weight is 350 g/mol. The van der Waals surface area contributed by atoms with Crippen LogP contribution in [0.5, 0.6) is 0 Å². The topological polar surface area (TPSA) is 92.4 Å². The van der Waals surface area contributed by atoms with Gasteiger partial charge in [0.05, 0.1) is 0 Å². The summed E-state index contributed by atoms with van der Waals surface area (Å²) in [6.07, 6.45) is 1.22. The van der Waals surface area contributed by atoms with Gasteiger partial charge in [-0.05, 0) is 42.8 Å². The Labute approximate surface area is 150 Å². The largest absolute Gasteiger partial charge is 0.476 e. The Balaban J connectivity index is 1.92. The first kappa shape index (κ1) is 17.4. The molecular weight excluding hydrogens is 332 g/mol. The number of rotatable bonds is 6. The monoisotopic (exact) mass is 350 g/mol. The van der Waals surface area contributed by atoms with E-state index >= 15 is 0 Å². The smallest absolute Gasteiger partial charge is 0.358 e. The van der Waals surface area contributed by atoms with E-state index in [0.717, 1.165) is 6.42 Å². The van der Waals surface area contributed by atoms with Crippen molar-refractivity contribution in [1.82, 2.24) is 4.98 Å². The number of carbonyl (C=O) groups is 2. The van der Waals surface area contributed by atoms with Gasteiger partial charge >= 0.3 is 5.97 Å². The molecule has 3 aromatic rings. The van der Waals surface area contributed by atoms with E-state index in [4.69, 9.17) is 4.42 Å². The molecule has 1 heterocycles. The third-order valence-electron chi connectivity index (χ3n) is 3.76. The minimum atomic E-state index is -1.16. The lowest BCUT2D eigenvalue weighted by molar-refractivity contribution is -0.116. The number of carbonyl (C=O) groups excluding carboxylic acids is 1. The molecule has 0 aliphatic rings. The van der Waals surface area contributed by atoms with E-state index in [2.05, 4.69) is 10.3 Å². The molecule has 26 heavy (non-hydrogen) atoms. The Bertz CT molecular complexity index is 915. The van der Waals surface area contributed by atoms with E-state index in [1.54, 1.807) is 36.4 Å². The maximum absolute atomic E-state index is 11.7. The lowest BCUT2D eigenvalue weighted by Crippen LogP contribution is -2.10. The second-order valence-corrected chi connectivity index (χ2v) is 5.74. The van der Waals surface area contributed by atoms with Crippen LogP contribution in [0, 0.1) is 0 Å². The number of anilines is 1. The predicted molar refractivity (Wildman–Crippen MR) is 97.9 cm³/mol. The van der Waals surface area contributed by atoms with Crippen LogP contribution in [0.3, 0.4) is 0 Å². The zero-order valence-electron chi connectivity index (χ0n) is 14.2. The number of amides is 1. The zero-order chi connectivity index (χ0) is 18.5. The molecular formula is C20H18N2O4. The van der Waals surface area contributed by atoms with Crippen LogP contribution in [0.25, 0.3) is 22.8 Å². The lowest BCUT2D eigenvalue weighted by atomic mass is 10.1. The molecule has 0 fully saturated rings. The van der Waals surface area contributed by atoms with Crippen LogP contribution in [0.4, 0.5) is 5.69 Å². The maximum Gasteiger partial charge on any atom is 0.358 e. The van der Waals surface area contributed by atoms with Crippen molar-refractivity contribution in [3.63, 3.8) is 0 Å². The summed E-state index contributed by atoms with van der Waals surface area (Å²) in [6, 6.07) is 15.9. The van der Waals surface area contributed by atoms with Crippen molar-refractivity contribution in [2.75, 3.05) is 5.32 Å². The molecule has 0 aliphatic heterocycles. The van der Waals surface area contributed by atoms with Crippen LogP contribution < -0.4 is 5.32 Å². The molecule has 1 amide bonds. The fraction of sp³-hybridized carbons (Fsp3) is 0.150. The lowest BCUT2D eigenvalue weighted by Gasteiger charge is -2.05. The molecule has 132 valence electrons. The van der Waals surface area contributed by atoms with Gasteiger partial charge in [0.25, 0.3) is 0 Å².